The zero-order valence-electron chi connectivity index (χ0n) is 15.9. The van der Waals surface area contributed by atoms with Gasteiger partial charge in [0.15, 0.2) is 17.6 Å². The number of benzene rings is 2. The molecule has 0 aliphatic carbocycles. The zero-order chi connectivity index (χ0) is 19.9. The fraction of sp³-hybridized carbons (Fsp3) is 0.381. The second kappa shape index (κ2) is 9.48. The molecule has 0 spiro atoms. The maximum Gasteiger partial charge on any atom is 0.190 e. The van der Waals surface area contributed by atoms with Crippen molar-refractivity contribution in [2.24, 2.45) is 10.9 Å². The lowest BCUT2D eigenvalue weighted by Gasteiger charge is -2.19. The predicted octanol–water partition coefficient (Wildman–Crippen LogP) is 3.34. The van der Waals surface area contributed by atoms with Crippen LogP contribution < -0.4 is 15.5 Å². The first-order chi connectivity index (χ1) is 13.5. The molecule has 0 amide bonds. The van der Waals surface area contributed by atoms with Crippen LogP contribution >= 0.6 is 0 Å². The van der Waals surface area contributed by atoms with Gasteiger partial charge in [0.25, 0.3) is 0 Å². The Morgan fingerprint density at radius 2 is 1.96 bits per heavy atom. The van der Waals surface area contributed by atoms with Crippen LogP contribution in [0, 0.1) is 23.4 Å². The summed E-state index contributed by atoms with van der Waals surface area (Å²) in [4.78, 5) is 6.28. The number of rotatable bonds is 6. The van der Waals surface area contributed by atoms with Crippen LogP contribution in [0.4, 0.5) is 18.9 Å². The Morgan fingerprint density at radius 3 is 2.71 bits per heavy atom. The Hall–Kier alpha value is -2.70. The van der Waals surface area contributed by atoms with Crippen molar-refractivity contribution in [2.75, 3.05) is 38.1 Å². The van der Waals surface area contributed by atoms with E-state index in [2.05, 4.69) is 20.5 Å². The summed E-state index contributed by atoms with van der Waals surface area (Å²) < 4.78 is 39.7. The first-order valence-electron chi connectivity index (χ1n) is 9.44. The molecule has 0 bridgehead atoms. The Kier molecular flexibility index (Phi) is 6.79. The third kappa shape index (κ3) is 5.41. The van der Waals surface area contributed by atoms with Crippen LogP contribution in [-0.4, -0.2) is 39.2 Å². The topological polar surface area (TPSA) is 39.7 Å². The molecule has 7 heteroatoms. The van der Waals surface area contributed by atoms with E-state index in [-0.39, 0.29) is 5.82 Å². The van der Waals surface area contributed by atoms with E-state index in [0.29, 0.717) is 30.5 Å². The molecule has 28 heavy (non-hydrogen) atoms. The van der Waals surface area contributed by atoms with Crippen LogP contribution in [0.2, 0.25) is 0 Å². The average Bonchev–Trinajstić information content (AvgIpc) is 3.16. The second-order valence-electron chi connectivity index (χ2n) is 6.96. The molecule has 2 N–H and O–H groups in total. The first-order valence-corrected chi connectivity index (χ1v) is 9.44. The van der Waals surface area contributed by atoms with Gasteiger partial charge in [-0.2, -0.15) is 0 Å². The molecule has 2 aromatic rings. The van der Waals surface area contributed by atoms with E-state index in [0.717, 1.165) is 31.6 Å². The average molecular weight is 390 g/mol. The van der Waals surface area contributed by atoms with Gasteiger partial charge in [-0.15, -0.1) is 0 Å². The Balaban J connectivity index is 1.42. The van der Waals surface area contributed by atoms with Crippen LogP contribution in [-0.2, 0) is 6.42 Å². The number of nitrogens with one attached hydrogen (secondary N) is 2. The predicted molar refractivity (Wildman–Crippen MR) is 106 cm³/mol. The molecule has 1 heterocycles. The lowest BCUT2D eigenvalue weighted by Crippen LogP contribution is -2.41. The summed E-state index contributed by atoms with van der Waals surface area (Å²) in [5.74, 6) is -0.791. The van der Waals surface area contributed by atoms with E-state index in [1.807, 2.05) is 6.07 Å². The summed E-state index contributed by atoms with van der Waals surface area (Å²) in [5, 5.41) is 6.54. The van der Waals surface area contributed by atoms with Crippen molar-refractivity contribution < 1.29 is 13.2 Å². The SMILES string of the molecule is CN=C(NCCc1cccc(F)c1)NCC1CCN(c2ccc(F)c(F)c2)C1. The van der Waals surface area contributed by atoms with Crippen LogP contribution in [0.5, 0.6) is 0 Å². The maximum absolute atomic E-state index is 13.4. The van der Waals surface area contributed by atoms with Crippen molar-refractivity contribution in [2.45, 2.75) is 12.8 Å². The van der Waals surface area contributed by atoms with Gasteiger partial charge in [0.05, 0.1) is 0 Å². The summed E-state index contributed by atoms with van der Waals surface area (Å²) in [6, 6.07) is 10.6. The van der Waals surface area contributed by atoms with E-state index < -0.39 is 11.6 Å². The molecule has 1 atom stereocenters. The molecular weight excluding hydrogens is 365 g/mol. The molecular formula is C21H25F3N4. The molecule has 0 radical (unpaired) electrons. The monoisotopic (exact) mass is 390 g/mol. The van der Waals surface area contributed by atoms with Gasteiger partial charge in [-0.1, -0.05) is 12.1 Å². The van der Waals surface area contributed by atoms with Crippen molar-refractivity contribution in [3.8, 4) is 0 Å². The van der Waals surface area contributed by atoms with Gasteiger partial charge in [0, 0.05) is 45.0 Å². The van der Waals surface area contributed by atoms with Crippen molar-refractivity contribution in [3.05, 3.63) is 65.5 Å². The molecule has 1 aliphatic rings. The van der Waals surface area contributed by atoms with Gasteiger partial charge in [0.1, 0.15) is 5.82 Å². The first kappa shape index (κ1) is 20.0. The Bertz CT molecular complexity index is 825. The molecule has 150 valence electrons. The van der Waals surface area contributed by atoms with Gasteiger partial charge >= 0.3 is 0 Å². The minimum Gasteiger partial charge on any atom is -0.371 e. The quantitative estimate of drug-likeness (QED) is 0.587. The zero-order valence-corrected chi connectivity index (χ0v) is 15.9. The minimum atomic E-state index is -0.825. The maximum atomic E-state index is 13.4. The van der Waals surface area contributed by atoms with Crippen molar-refractivity contribution in [3.63, 3.8) is 0 Å². The molecule has 2 aromatic carbocycles. The van der Waals surface area contributed by atoms with Crippen molar-refractivity contribution in [1.29, 1.82) is 0 Å². The number of hydrogen-bond donors (Lipinski definition) is 2. The van der Waals surface area contributed by atoms with E-state index >= 15 is 0 Å². The van der Waals surface area contributed by atoms with Crippen LogP contribution in [0.25, 0.3) is 0 Å². The number of nitrogens with zero attached hydrogens (tertiary/aromatic N) is 2. The summed E-state index contributed by atoms with van der Waals surface area (Å²) >= 11 is 0. The van der Waals surface area contributed by atoms with Gasteiger partial charge in [-0.05, 0) is 48.6 Å². The third-order valence-electron chi connectivity index (χ3n) is 4.93. The summed E-state index contributed by atoms with van der Waals surface area (Å²) in [6.07, 6.45) is 1.66. The van der Waals surface area contributed by atoms with E-state index in [1.165, 1.54) is 24.3 Å². The lowest BCUT2D eigenvalue weighted by molar-refractivity contribution is 0.508. The van der Waals surface area contributed by atoms with Crippen LogP contribution in [0.1, 0.15) is 12.0 Å². The highest BCUT2D eigenvalue weighted by atomic mass is 19.2. The highest BCUT2D eigenvalue weighted by Gasteiger charge is 2.23. The standard InChI is InChI=1S/C21H25F3N4/c1-25-21(26-9-7-15-3-2-4-17(22)11-15)27-13-16-8-10-28(14-16)18-5-6-19(23)20(24)12-18/h2-6,11-12,16H,7-10,13-14H2,1H3,(H2,25,26,27). The molecule has 1 unspecified atom stereocenters. The third-order valence-corrected chi connectivity index (χ3v) is 4.93. The fourth-order valence-electron chi connectivity index (χ4n) is 3.39. The minimum absolute atomic E-state index is 0.230. The van der Waals surface area contributed by atoms with Crippen LogP contribution in [0.15, 0.2) is 47.5 Å². The molecule has 4 nitrogen and oxygen atoms in total. The smallest absolute Gasteiger partial charge is 0.190 e. The molecule has 0 aromatic heterocycles. The van der Waals surface area contributed by atoms with Gasteiger partial charge in [-0.3, -0.25) is 4.99 Å². The van der Waals surface area contributed by atoms with Crippen LogP contribution in [0.3, 0.4) is 0 Å². The van der Waals surface area contributed by atoms with Gasteiger partial charge in [-0.25, -0.2) is 13.2 Å². The summed E-state index contributed by atoms with van der Waals surface area (Å²) in [7, 11) is 1.71. The molecule has 1 aliphatic heterocycles. The van der Waals surface area contributed by atoms with E-state index in [1.54, 1.807) is 19.2 Å². The highest BCUT2D eigenvalue weighted by Crippen LogP contribution is 2.24. The number of aliphatic imine (C=N–C) groups is 1. The number of hydrogen-bond acceptors (Lipinski definition) is 2. The molecule has 3 rings (SSSR count). The Morgan fingerprint density at radius 1 is 1.11 bits per heavy atom. The highest BCUT2D eigenvalue weighted by molar-refractivity contribution is 5.79. The van der Waals surface area contributed by atoms with E-state index in [4.69, 9.17) is 0 Å². The van der Waals surface area contributed by atoms with Crippen molar-refractivity contribution >= 4 is 11.6 Å². The molecule has 1 saturated heterocycles. The van der Waals surface area contributed by atoms with Crippen molar-refractivity contribution in [1.82, 2.24) is 10.6 Å². The lowest BCUT2D eigenvalue weighted by atomic mass is 10.1. The molecule has 0 saturated carbocycles. The molecule has 1 fully saturated rings. The number of halogens is 3. The van der Waals surface area contributed by atoms with Gasteiger partial charge in [0.2, 0.25) is 0 Å². The summed E-state index contributed by atoms with van der Waals surface area (Å²) in [6.45, 7) is 2.97. The largest absolute Gasteiger partial charge is 0.371 e. The van der Waals surface area contributed by atoms with E-state index in [9.17, 15) is 13.2 Å². The number of guanidine groups is 1. The fourth-order valence-corrected chi connectivity index (χ4v) is 3.39. The summed E-state index contributed by atoms with van der Waals surface area (Å²) in [5.41, 5.74) is 1.64. The number of anilines is 1. The Labute approximate surface area is 163 Å². The van der Waals surface area contributed by atoms with Gasteiger partial charge < -0.3 is 15.5 Å². The normalized spacial score (nSPS) is 17.1. The second-order valence-corrected chi connectivity index (χ2v) is 6.96.